The molecule has 0 aliphatic heterocycles. The molecule has 0 aromatic carbocycles. The molecular weight excluding hydrogens is 225 g/mol. The lowest BCUT2D eigenvalue weighted by molar-refractivity contribution is -0.141. The molecule has 0 unspecified atom stereocenters. The molecule has 0 spiro atoms. The number of alkyl halides is 3. The van der Waals surface area contributed by atoms with Gasteiger partial charge in [0.2, 0.25) is 0 Å². The van der Waals surface area contributed by atoms with Gasteiger partial charge in [-0.25, -0.2) is 9.97 Å². The first-order valence-corrected chi connectivity index (χ1v) is 5.63. The van der Waals surface area contributed by atoms with E-state index in [9.17, 15) is 13.2 Å². The second-order valence-electron chi connectivity index (χ2n) is 2.38. The van der Waals surface area contributed by atoms with Crippen molar-refractivity contribution < 1.29 is 13.2 Å². The van der Waals surface area contributed by atoms with Crippen molar-refractivity contribution in [2.45, 2.75) is 32.1 Å². The van der Waals surface area contributed by atoms with Crippen LogP contribution in [-0.4, -0.2) is 16.2 Å². The van der Waals surface area contributed by atoms with E-state index in [1.807, 2.05) is 13.8 Å². The zero-order chi connectivity index (χ0) is 12.1. The van der Waals surface area contributed by atoms with E-state index in [4.69, 9.17) is 0 Å². The molecular formula is C9H13F3N2S. The number of hydrogen-bond acceptors (Lipinski definition) is 3. The van der Waals surface area contributed by atoms with Crippen molar-refractivity contribution in [2.75, 3.05) is 6.26 Å². The normalized spacial score (nSPS) is 10.6. The number of nitrogens with zero attached hydrogens (tertiary/aromatic N) is 2. The molecule has 0 saturated heterocycles. The summed E-state index contributed by atoms with van der Waals surface area (Å²) in [5, 5.41) is 0.146. The highest BCUT2D eigenvalue weighted by Gasteiger charge is 2.33. The molecule has 0 amide bonds. The minimum atomic E-state index is -4.39. The van der Waals surface area contributed by atoms with E-state index in [2.05, 4.69) is 9.97 Å². The summed E-state index contributed by atoms with van der Waals surface area (Å²) in [7, 11) is 0. The number of rotatable bonds is 1. The van der Waals surface area contributed by atoms with Gasteiger partial charge < -0.3 is 0 Å². The first-order valence-electron chi connectivity index (χ1n) is 4.40. The molecule has 86 valence electrons. The van der Waals surface area contributed by atoms with Gasteiger partial charge in [0.15, 0.2) is 5.16 Å². The molecule has 1 aromatic rings. The largest absolute Gasteiger partial charge is 0.433 e. The molecule has 1 aromatic heterocycles. The van der Waals surface area contributed by atoms with E-state index < -0.39 is 11.9 Å². The van der Waals surface area contributed by atoms with Gasteiger partial charge in [-0.1, -0.05) is 25.6 Å². The van der Waals surface area contributed by atoms with Crippen molar-refractivity contribution in [3.05, 3.63) is 17.5 Å². The van der Waals surface area contributed by atoms with Gasteiger partial charge in [0.1, 0.15) is 5.69 Å². The van der Waals surface area contributed by atoms with Gasteiger partial charge in [-0.15, -0.1) is 0 Å². The predicted molar refractivity (Wildman–Crippen MR) is 54.9 cm³/mol. The van der Waals surface area contributed by atoms with E-state index in [1.54, 1.807) is 6.26 Å². The summed E-state index contributed by atoms with van der Waals surface area (Å²) >= 11 is 1.09. The summed E-state index contributed by atoms with van der Waals surface area (Å²) in [6.45, 7) is 5.51. The maximum Gasteiger partial charge on any atom is 0.433 e. The Morgan fingerprint density at radius 1 is 1.20 bits per heavy atom. The number of halogens is 3. The van der Waals surface area contributed by atoms with Crippen molar-refractivity contribution in [1.82, 2.24) is 9.97 Å². The summed E-state index contributed by atoms with van der Waals surface area (Å²) in [5.41, 5.74) is -0.559. The molecule has 0 fully saturated rings. The van der Waals surface area contributed by atoms with E-state index in [1.165, 1.54) is 6.92 Å². The van der Waals surface area contributed by atoms with Crippen molar-refractivity contribution in [3.8, 4) is 0 Å². The molecule has 6 heteroatoms. The van der Waals surface area contributed by atoms with Crippen LogP contribution in [-0.2, 0) is 6.18 Å². The summed E-state index contributed by atoms with van der Waals surface area (Å²) in [5.74, 6) is 0. The smallest absolute Gasteiger partial charge is 0.228 e. The van der Waals surface area contributed by atoms with Crippen LogP contribution in [0.25, 0.3) is 0 Å². The van der Waals surface area contributed by atoms with Crippen LogP contribution in [0.3, 0.4) is 0 Å². The van der Waals surface area contributed by atoms with Gasteiger partial charge in [0, 0.05) is 5.69 Å². The predicted octanol–water partition coefficient (Wildman–Crippen LogP) is 3.55. The maximum absolute atomic E-state index is 12.2. The van der Waals surface area contributed by atoms with Crippen LogP contribution in [0.1, 0.15) is 25.2 Å². The third-order valence-corrected chi connectivity index (χ3v) is 1.85. The SMILES string of the molecule is CC.CSc1nc(C)cc(C(F)(F)F)n1. The van der Waals surface area contributed by atoms with Gasteiger partial charge in [-0.3, -0.25) is 0 Å². The Bertz CT molecular complexity index is 313. The minimum Gasteiger partial charge on any atom is -0.228 e. The molecule has 0 saturated carbocycles. The lowest BCUT2D eigenvalue weighted by atomic mass is 10.3. The Morgan fingerprint density at radius 2 is 1.73 bits per heavy atom. The fraction of sp³-hybridized carbons (Fsp3) is 0.556. The highest BCUT2D eigenvalue weighted by molar-refractivity contribution is 7.98. The first-order chi connectivity index (χ1) is 6.93. The second kappa shape index (κ2) is 5.95. The van der Waals surface area contributed by atoms with Crippen LogP contribution in [0, 0.1) is 6.92 Å². The molecule has 2 nitrogen and oxygen atoms in total. The van der Waals surface area contributed by atoms with Gasteiger partial charge in [0.25, 0.3) is 0 Å². The third kappa shape index (κ3) is 4.51. The number of thioether (sulfide) groups is 1. The molecule has 0 N–H and O–H groups in total. The molecule has 0 bridgehead atoms. The van der Waals surface area contributed by atoms with Crippen LogP contribution >= 0.6 is 11.8 Å². The Balaban J connectivity index is 0.000000921. The summed E-state index contributed by atoms with van der Waals surface area (Å²) in [6, 6.07) is 0.930. The van der Waals surface area contributed by atoms with E-state index in [0.717, 1.165) is 17.8 Å². The molecule has 1 rings (SSSR count). The van der Waals surface area contributed by atoms with Crippen LogP contribution < -0.4 is 0 Å². The summed E-state index contributed by atoms with van der Waals surface area (Å²) in [6.07, 6.45) is -2.76. The molecule has 0 atom stereocenters. The van der Waals surface area contributed by atoms with Crippen molar-refractivity contribution >= 4 is 11.8 Å². The average Bonchev–Trinajstić information content (AvgIpc) is 2.18. The van der Waals surface area contributed by atoms with Gasteiger partial charge in [-0.2, -0.15) is 13.2 Å². The average molecular weight is 238 g/mol. The van der Waals surface area contributed by atoms with E-state index >= 15 is 0 Å². The zero-order valence-electron chi connectivity index (χ0n) is 9.01. The fourth-order valence-electron chi connectivity index (χ4n) is 0.778. The Hall–Kier alpha value is -0.780. The highest BCUT2D eigenvalue weighted by atomic mass is 32.2. The number of hydrogen-bond donors (Lipinski definition) is 0. The monoisotopic (exact) mass is 238 g/mol. The van der Waals surface area contributed by atoms with Crippen molar-refractivity contribution in [3.63, 3.8) is 0 Å². The van der Waals surface area contributed by atoms with Crippen LogP contribution in [0.2, 0.25) is 0 Å². The molecule has 0 aliphatic rings. The summed E-state index contributed by atoms with van der Waals surface area (Å²) in [4.78, 5) is 7.17. The van der Waals surface area contributed by atoms with Gasteiger partial charge in [-0.05, 0) is 19.2 Å². The van der Waals surface area contributed by atoms with Crippen LogP contribution in [0.15, 0.2) is 11.2 Å². The molecule has 15 heavy (non-hydrogen) atoms. The standard InChI is InChI=1S/C7H7F3N2S.C2H6/c1-4-3-5(7(8,9)10)12-6(11-4)13-2;1-2/h3H,1-2H3;1-2H3. The highest BCUT2D eigenvalue weighted by Crippen LogP contribution is 2.28. The Labute approximate surface area is 91.3 Å². The zero-order valence-corrected chi connectivity index (χ0v) is 9.83. The summed E-state index contributed by atoms with van der Waals surface area (Å²) < 4.78 is 36.6. The number of aryl methyl sites for hydroxylation is 1. The Kier molecular flexibility index (Phi) is 5.64. The van der Waals surface area contributed by atoms with Crippen LogP contribution in [0.5, 0.6) is 0 Å². The van der Waals surface area contributed by atoms with Gasteiger partial charge >= 0.3 is 6.18 Å². The minimum absolute atomic E-state index is 0.146. The van der Waals surface area contributed by atoms with Crippen molar-refractivity contribution in [2.24, 2.45) is 0 Å². The van der Waals surface area contributed by atoms with E-state index in [-0.39, 0.29) is 5.16 Å². The van der Waals surface area contributed by atoms with E-state index in [0.29, 0.717) is 5.69 Å². The quantitative estimate of drug-likeness (QED) is 0.552. The molecule has 1 heterocycles. The Morgan fingerprint density at radius 3 is 2.13 bits per heavy atom. The number of aromatic nitrogens is 2. The topological polar surface area (TPSA) is 25.8 Å². The third-order valence-electron chi connectivity index (χ3n) is 1.31. The second-order valence-corrected chi connectivity index (χ2v) is 3.15. The van der Waals surface area contributed by atoms with Crippen LogP contribution in [0.4, 0.5) is 13.2 Å². The maximum atomic E-state index is 12.2. The first kappa shape index (κ1) is 14.2. The van der Waals surface area contributed by atoms with Gasteiger partial charge in [0.05, 0.1) is 0 Å². The lowest BCUT2D eigenvalue weighted by Gasteiger charge is -2.06. The van der Waals surface area contributed by atoms with Crippen molar-refractivity contribution in [1.29, 1.82) is 0 Å². The fourth-order valence-corrected chi connectivity index (χ4v) is 1.20. The molecule has 0 radical (unpaired) electrons. The molecule has 0 aliphatic carbocycles. The lowest BCUT2D eigenvalue weighted by Crippen LogP contribution is -2.09.